The molecule has 3 unspecified atom stereocenters. The summed E-state index contributed by atoms with van der Waals surface area (Å²) >= 11 is 0. The Labute approximate surface area is 142 Å². The first-order valence-corrected chi connectivity index (χ1v) is 8.74. The molecule has 1 saturated carbocycles. The summed E-state index contributed by atoms with van der Waals surface area (Å²) in [5.41, 5.74) is 2.55. The van der Waals surface area contributed by atoms with Crippen molar-refractivity contribution in [3.05, 3.63) is 83.9 Å². The first-order valence-electron chi connectivity index (χ1n) is 8.74. The second kappa shape index (κ2) is 5.94. The second-order valence-electron chi connectivity index (χ2n) is 7.03. The molecule has 0 radical (unpaired) electrons. The number of hydrogen-bond acceptors (Lipinski definition) is 1. The predicted molar refractivity (Wildman–Crippen MR) is 94.8 cm³/mol. The van der Waals surface area contributed by atoms with Crippen molar-refractivity contribution in [3.8, 4) is 0 Å². The molecule has 0 aliphatic heterocycles. The zero-order chi connectivity index (χ0) is 16.6. The highest BCUT2D eigenvalue weighted by molar-refractivity contribution is 5.66. The van der Waals surface area contributed by atoms with E-state index in [9.17, 15) is 9.90 Å². The standard InChI is InChI=1S/C22H22O2/c23-21(24)14-13-20-16-11-12-19(15-16)22(20,17-7-3-1-4-8-17)18-9-5-2-6-10-18/h1-12,16,19-20H,13-15H2,(H,23,24). The molecule has 2 aliphatic carbocycles. The van der Waals surface area contributed by atoms with E-state index in [0.717, 1.165) is 12.8 Å². The Morgan fingerprint density at radius 3 is 2.08 bits per heavy atom. The van der Waals surface area contributed by atoms with Crippen LogP contribution in [0.25, 0.3) is 0 Å². The normalized spacial score (nSPS) is 26.6. The minimum Gasteiger partial charge on any atom is -0.481 e. The SMILES string of the molecule is O=C(O)CCC1C2C=CC(C2)C1(c1ccccc1)c1ccccc1. The van der Waals surface area contributed by atoms with E-state index in [2.05, 4.69) is 72.8 Å². The molecule has 2 aromatic carbocycles. The topological polar surface area (TPSA) is 37.3 Å². The van der Waals surface area contributed by atoms with Crippen molar-refractivity contribution >= 4 is 5.97 Å². The Kier molecular flexibility index (Phi) is 3.76. The molecule has 24 heavy (non-hydrogen) atoms. The Bertz CT molecular complexity index is 709. The molecule has 2 aliphatic rings. The quantitative estimate of drug-likeness (QED) is 0.814. The van der Waals surface area contributed by atoms with E-state index in [1.165, 1.54) is 11.1 Å². The van der Waals surface area contributed by atoms with Gasteiger partial charge in [-0.2, -0.15) is 0 Å². The van der Waals surface area contributed by atoms with Gasteiger partial charge in [-0.15, -0.1) is 0 Å². The third kappa shape index (κ3) is 2.21. The lowest BCUT2D eigenvalue weighted by Gasteiger charge is -2.43. The summed E-state index contributed by atoms with van der Waals surface area (Å²) in [5.74, 6) is 0.575. The van der Waals surface area contributed by atoms with Gasteiger partial charge in [0, 0.05) is 11.8 Å². The Hall–Kier alpha value is -2.35. The van der Waals surface area contributed by atoms with E-state index < -0.39 is 5.97 Å². The van der Waals surface area contributed by atoms with Crippen LogP contribution in [0.4, 0.5) is 0 Å². The van der Waals surface area contributed by atoms with Crippen molar-refractivity contribution in [1.82, 2.24) is 0 Å². The van der Waals surface area contributed by atoms with E-state index in [1.807, 2.05) is 0 Å². The lowest BCUT2D eigenvalue weighted by molar-refractivity contribution is -0.137. The lowest BCUT2D eigenvalue weighted by atomic mass is 9.59. The number of fused-ring (bicyclic) bond motifs is 2. The number of allylic oxidation sites excluding steroid dienone is 2. The first kappa shape index (κ1) is 15.2. The van der Waals surface area contributed by atoms with Crippen LogP contribution in [0.3, 0.4) is 0 Å². The maximum Gasteiger partial charge on any atom is 0.303 e. The maximum atomic E-state index is 11.2. The molecule has 2 bridgehead atoms. The minimum absolute atomic E-state index is 0.0998. The van der Waals surface area contributed by atoms with Crippen LogP contribution in [0.5, 0.6) is 0 Å². The largest absolute Gasteiger partial charge is 0.481 e. The summed E-state index contributed by atoms with van der Waals surface area (Å²) in [6.45, 7) is 0. The number of rotatable bonds is 5. The molecule has 4 rings (SSSR count). The summed E-state index contributed by atoms with van der Waals surface area (Å²) in [4.78, 5) is 11.2. The lowest BCUT2D eigenvalue weighted by Crippen LogP contribution is -2.40. The smallest absolute Gasteiger partial charge is 0.303 e. The average molecular weight is 318 g/mol. The van der Waals surface area contributed by atoms with Crippen molar-refractivity contribution in [3.63, 3.8) is 0 Å². The number of benzene rings is 2. The third-order valence-corrected chi connectivity index (χ3v) is 5.98. The van der Waals surface area contributed by atoms with Crippen LogP contribution in [0.1, 0.15) is 30.4 Å². The fourth-order valence-corrected chi connectivity index (χ4v) is 5.15. The highest BCUT2D eigenvalue weighted by Gasteiger charge is 2.57. The summed E-state index contributed by atoms with van der Waals surface area (Å²) in [6.07, 6.45) is 6.78. The van der Waals surface area contributed by atoms with Crippen LogP contribution in [0, 0.1) is 17.8 Å². The molecule has 122 valence electrons. The van der Waals surface area contributed by atoms with E-state index in [4.69, 9.17) is 0 Å². The molecule has 0 spiro atoms. The second-order valence-corrected chi connectivity index (χ2v) is 7.03. The van der Waals surface area contributed by atoms with Gasteiger partial charge in [-0.1, -0.05) is 72.8 Å². The van der Waals surface area contributed by atoms with Crippen molar-refractivity contribution < 1.29 is 9.90 Å². The fourth-order valence-electron chi connectivity index (χ4n) is 5.15. The molecular weight excluding hydrogens is 296 g/mol. The van der Waals surface area contributed by atoms with Crippen LogP contribution < -0.4 is 0 Å². The molecule has 1 fully saturated rings. The molecule has 2 aromatic rings. The molecule has 0 aromatic heterocycles. The molecular formula is C22H22O2. The number of aliphatic carboxylic acids is 1. The van der Waals surface area contributed by atoms with Crippen molar-refractivity contribution in [2.24, 2.45) is 17.8 Å². The van der Waals surface area contributed by atoms with Gasteiger partial charge in [-0.3, -0.25) is 4.79 Å². The van der Waals surface area contributed by atoms with Gasteiger partial charge in [0.25, 0.3) is 0 Å². The van der Waals surface area contributed by atoms with E-state index in [-0.39, 0.29) is 11.8 Å². The van der Waals surface area contributed by atoms with Crippen LogP contribution in [0.15, 0.2) is 72.8 Å². The monoisotopic (exact) mass is 318 g/mol. The predicted octanol–water partition coefficient (Wildman–Crippen LogP) is 4.66. The maximum absolute atomic E-state index is 11.2. The number of carboxylic acids is 1. The molecule has 0 heterocycles. The molecule has 2 nitrogen and oxygen atoms in total. The zero-order valence-electron chi connectivity index (χ0n) is 13.6. The van der Waals surface area contributed by atoms with Gasteiger partial charge in [-0.05, 0) is 41.7 Å². The van der Waals surface area contributed by atoms with Crippen LogP contribution >= 0.6 is 0 Å². The minimum atomic E-state index is -0.697. The van der Waals surface area contributed by atoms with Crippen LogP contribution in [-0.4, -0.2) is 11.1 Å². The van der Waals surface area contributed by atoms with Gasteiger partial charge in [0.2, 0.25) is 0 Å². The first-order chi connectivity index (χ1) is 11.7. The summed E-state index contributed by atoms with van der Waals surface area (Å²) in [6, 6.07) is 21.4. The van der Waals surface area contributed by atoms with Gasteiger partial charge in [0.1, 0.15) is 0 Å². The van der Waals surface area contributed by atoms with E-state index in [0.29, 0.717) is 17.8 Å². The highest BCUT2D eigenvalue weighted by Crippen LogP contribution is 2.61. The molecule has 2 heteroatoms. The van der Waals surface area contributed by atoms with Gasteiger partial charge in [0.15, 0.2) is 0 Å². The number of carboxylic acid groups (broad SMARTS) is 1. The van der Waals surface area contributed by atoms with Gasteiger partial charge in [-0.25, -0.2) is 0 Å². The summed E-state index contributed by atoms with van der Waals surface area (Å²) in [7, 11) is 0. The third-order valence-electron chi connectivity index (χ3n) is 5.98. The number of hydrogen-bond donors (Lipinski definition) is 1. The highest BCUT2D eigenvalue weighted by atomic mass is 16.4. The van der Waals surface area contributed by atoms with Gasteiger partial charge >= 0.3 is 5.97 Å². The Morgan fingerprint density at radius 1 is 0.958 bits per heavy atom. The van der Waals surface area contributed by atoms with Gasteiger partial charge in [0.05, 0.1) is 0 Å². The van der Waals surface area contributed by atoms with Crippen molar-refractivity contribution in [1.29, 1.82) is 0 Å². The van der Waals surface area contributed by atoms with E-state index in [1.54, 1.807) is 0 Å². The fraction of sp³-hybridized carbons (Fsp3) is 0.318. The van der Waals surface area contributed by atoms with Crippen molar-refractivity contribution in [2.45, 2.75) is 24.7 Å². The summed E-state index contributed by atoms with van der Waals surface area (Å²) in [5, 5.41) is 9.24. The molecule has 0 saturated heterocycles. The van der Waals surface area contributed by atoms with E-state index >= 15 is 0 Å². The Morgan fingerprint density at radius 2 is 1.54 bits per heavy atom. The molecule has 1 N–H and O–H groups in total. The zero-order valence-corrected chi connectivity index (χ0v) is 13.6. The molecule has 3 atom stereocenters. The van der Waals surface area contributed by atoms with Crippen LogP contribution in [-0.2, 0) is 10.2 Å². The average Bonchev–Trinajstić information content (AvgIpc) is 3.21. The molecule has 0 amide bonds. The van der Waals surface area contributed by atoms with Crippen LogP contribution in [0.2, 0.25) is 0 Å². The summed E-state index contributed by atoms with van der Waals surface area (Å²) < 4.78 is 0. The van der Waals surface area contributed by atoms with Crippen molar-refractivity contribution in [2.75, 3.05) is 0 Å². The number of carbonyl (C=O) groups is 1. The van der Waals surface area contributed by atoms with Gasteiger partial charge < -0.3 is 5.11 Å². The Balaban J connectivity index is 1.88.